The second-order valence-electron chi connectivity index (χ2n) is 5.18. The largest absolute Gasteiger partial charge is 0.478 e. The van der Waals surface area contributed by atoms with Gasteiger partial charge in [-0.3, -0.25) is 4.72 Å². The molecule has 0 aliphatic carbocycles. The number of nitrogens with one attached hydrogen (secondary N) is 1. The molecule has 0 saturated heterocycles. The summed E-state index contributed by atoms with van der Waals surface area (Å²) in [4.78, 5) is 10.8. The summed E-state index contributed by atoms with van der Waals surface area (Å²) in [5, 5.41) is 8.73. The maximum Gasteiger partial charge on any atom is 0.328 e. The Hall–Kier alpha value is -2.60. The zero-order valence-electron chi connectivity index (χ0n) is 12.8. The van der Waals surface area contributed by atoms with Crippen LogP contribution in [-0.4, -0.2) is 19.5 Å². The first kappa shape index (κ1) is 16.8. The maximum absolute atomic E-state index is 12.5. The molecule has 2 aromatic carbocycles. The van der Waals surface area contributed by atoms with Gasteiger partial charge in [-0.15, -0.1) is 0 Å². The lowest BCUT2D eigenvalue weighted by Gasteiger charge is -2.12. The van der Waals surface area contributed by atoms with E-state index in [0.29, 0.717) is 11.3 Å². The van der Waals surface area contributed by atoms with Crippen molar-refractivity contribution < 1.29 is 18.3 Å². The average molecular weight is 331 g/mol. The van der Waals surface area contributed by atoms with Gasteiger partial charge in [0.05, 0.1) is 10.6 Å². The Balaban J connectivity index is 2.40. The number of sulfonamides is 1. The number of aliphatic carboxylic acids is 1. The van der Waals surface area contributed by atoms with Crippen molar-refractivity contribution in [3.63, 3.8) is 0 Å². The fourth-order valence-corrected chi connectivity index (χ4v) is 3.06. The molecule has 0 aliphatic heterocycles. The van der Waals surface area contributed by atoms with Crippen molar-refractivity contribution in [1.82, 2.24) is 0 Å². The van der Waals surface area contributed by atoms with Crippen molar-refractivity contribution in [2.45, 2.75) is 18.7 Å². The smallest absolute Gasteiger partial charge is 0.328 e. The van der Waals surface area contributed by atoms with Crippen LogP contribution in [0.5, 0.6) is 0 Å². The molecule has 0 saturated carbocycles. The number of hydrogen-bond donors (Lipinski definition) is 2. The van der Waals surface area contributed by atoms with Gasteiger partial charge in [0.2, 0.25) is 0 Å². The molecule has 0 spiro atoms. The zero-order chi connectivity index (χ0) is 17.0. The Labute approximate surface area is 135 Å². The Bertz CT molecular complexity index is 853. The summed E-state index contributed by atoms with van der Waals surface area (Å²) < 4.78 is 27.4. The normalized spacial score (nSPS) is 11.6. The quantitative estimate of drug-likeness (QED) is 0.824. The SMILES string of the molecule is Cc1ccc(S(=O)(=O)Nc2cc(C)ccc2/C=C/C(=O)O)cc1. The number of anilines is 1. The monoisotopic (exact) mass is 331 g/mol. The first-order valence-electron chi connectivity index (χ1n) is 6.89. The van der Waals surface area contributed by atoms with Gasteiger partial charge in [-0.1, -0.05) is 29.8 Å². The number of aryl methyl sites for hydroxylation is 2. The highest BCUT2D eigenvalue weighted by Gasteiger charge is 2.15. The minimum Gasteiger partial charge on any atom is -0.478 e. The van der Waals surface area contributed by atoms with Crippen LogP contribution in [0.1, 0.15) is 16.7 Å². The van der Waals surface area contributed by atoms with Crippen LogP contribution in [0.4, 0.5) is 5.69 Å². The van der Waals surface area contributed by atoms with Crippen LogP contribution in [0, 0.1) is 13.8 Å². The van der Waals surface area contributed by atoms with Crippen LogP contribution in [-0.2, 0) is 14.8 Å². The Kier molecular flexibility index (Phi) is 4.86. The lowest BCUT2D eigenvalue weighted by Crippen LogP contribution is -2.13. The molecule has 2 N–H and O–H groups in total. The summed E-state index contributed by atoms with van der Waals surface area (Å²) in [5.74, 6) is -1.10. The maximum atomic E-state index is 12.5. The van der Waals surface area contributed by atoms with Gasteiger partial charge in [-0.2, -0.15) is 0 Å². The number of carbonyl (C=O) groups is 1. The summed E-state index contributed by atoms with van der Waals surface area (Å²) in [7, 11) is -3.74. The van der Waals surface area contributed by atoms with Gasteiger partial charge >= 0.3 is 5.97 Å². The van der Waals surface area contributed by atoms with Gasteiger partial charge < -0.3 is 5.11 Å². The standard InChI is InChI=1S/C17H17NO4S/c1-12-4-8-15(9-5-12)23(21,22)18-16-11-13(2)3-6-14(16)7-10-17(19)20/h3-11,18H,1-2H3,(H,19,20)/b10-7+. The first-order chi connectivity index (χ1) is 10.8. The lowest BCUT2D eigenvalue weighted by molar-refractivity contribution is -0.131. The predicted octanol–water partition coefficient (Wildman–Crippen LogP) is 3.20. The third-order valence-electron chi connectivity index (χ3n) is 3.19. The van der Waals surface area contributed by atoms with Gasteiger partial charge in [-0.25, -0.2) is 13.2 Å². The van der Waals surface area contributed by atoms with E-state index in [1.54, 1.807) is 30.3 Å². The van der Waals surface area contributed by atoms with Crippen molar-refractivity contribution in [2.24, 2.45) is 0 Å². The highest BCUT2D eigenvalue weighted by molar-refractivity contribution is 7.92. The molecule has 0 heterocycles. The zero-order valence-corrected chi connectivity index (χ0v) is 13.6. The van der Waals surface area contributed by atoms with Crippen molar-refractivity contribution in [3.05, 3.63) is 65.2 Å². The number of hydrogen-bond acceptors (Lipinski definition) is 3. The topological polar surface area (TPSA) is 83.5 Å². The molecule has 2 aromatic rings. The van der Waals surface area contributed by atoms with E-state index in [1.165, 1.54) is 18.2 Å². The number of benzene rings is 2. The summed E-state index contributed by atoms with van der Waals surface area (Å²) in [6.07, 6.45) is 2.32. The van der Waals surface area contributed by atoms with Crippen molar-refractivity contribution in [1.29, 1.82) is 0 Å². The molecule has 0 fully saturated rings. The number of carboxylic acids is 1. The van der Waals surface area contributed by atoms with E-state index in [2.05, 4.69) is 4.72 Å². The molecule has 0 radical (unpaired) electrons. The highest BCUT2D eigenvalue weighted by atomic mass is 32.2. The van der Waals surface area contributed by atoms with Crippen LogP contribution in [0.15, 0.2) is 53.4 Å². The molecular formula is C17H17NO4S. The van der Waals surface area contributed by atoms with Crippen molar-refractivity contribution >= 4 is 27.8 Å². The highest BCUT2D eigenvalue weighted by Crippen LogP contribution is 2.23. The van der Waals surface area contributed by atoms with E-state index in [1.807, 2.05) is 13.8 Å². The first-order valence-corrected chi connectivity index (χ1v) is 8.37. The van der Waals surface area contributed by atoms with Gasteiger partial charge in [0.15, 0.2) is 0 Å². The second kappa shape index (κ2) is 6.66. The Morgan fingerprint density at radius 1 is 1.04 bits per heavy atom. The molecule has 0 amide bonds. The van der Waals surface area contributed by atoms with E-state index in [0.717, 1.165) is 17.2 Å². The molecule has 0 bridgehead atoms. The van der Waals surface area contributed by atoms with Gasteiger partial charge in [0, 0.05) is 6.08 Å². The van der Waals surface area contributed by atoms with Crippen LogP contribution in [0.2, 0.25) is 0 Å². The summed E-state index contributed by atoms with van der Waals surface area (Å²) >= 11 is 0. The Morgan fingerprint density at radius 2 is 1.65 bits per heavy atom. The van der Waals surface area contributed by atoms with Crippen molar-refractivity contribution in [2.75, 3.05) is 4.72 Å². The predicted molar refractivity (Wildman–Crippen MR) is 89.8 cm³/mol. The molecular weight excluding hydrogens is 314 g/mol. The third-order valence-corrected chi connectivity index (χ3v) is 4.57. The van der Waals surface area contributed by atoms with Crippen LogP contribution in [0.3, 0.4) is 0 Å². The minimum absolute atomic E-state index is 0.151. The molecule has 0 unspecified atom stereocenters. The summed E-state index contributed by atoms with van der Waals surface area (Å²) in [5.41, 5.74) is 2.64. The number of carboxylic acid groups (broad SMARTS) is 1. The van der Waals surface area contributed by atoms with Crippen LogP contribution >= 0.6 is 0 Å². The van der Waals surface area contributed by atoms with E-state index >= 15 is 0 Å². The average Bonchev–Trinajstić information content (AvgIpc) is 2.46. The molecule has 23 heavy (non-hydrogen) atoms. The molecule has 0 atom stereocenters. The molecule has 0 aliphatic rings. The Morgan fingerprint density at radius 3 is 2.26 bits per heavy atom. The minimum atomic E-state index is -3.74. The van der Waals surface area contributed by atoms with E-state index < -0.39 is 16.0 Å². The molecule has 120 valence electrons. The second-order valence-corrected chi connectivity index (χ2v) is 6.86. The van der Waals surface area contributed by atoms with E-state index in [4.69, 9.17) is 5.11 Å². The van der Waals surface area contributed by atoms with Gasteiger partial charge in [0.1, 0.15) is 0 Å². The van der Waals surface area contributed by atoms with Crippen molar-refractivity contribution in [3.8, 4) is 0 Å². The van der Waals surface area contributed by atoms with Crippen LogP contribution in [0.25, 0.3) is 6.08 Å². The fourth-order valence-electron chi connectivity index (χ4n) is 1.99. The van der Waals surface area contributed by atoms with E-state index in [-0.39, 0.29) is 4.90 Å². The summed E-state index contributed by atoms with van der Waals surface area (Å²) in [6, 6.07) is 11.6. The number of rotatable bonds is 5. The van der Waals surface area contributed by atoms with E-state index in [9.17, 15) is 13.2 Å². The fraction of sp³-hybridized carbons (Fsp3) is 0.118. The molecule has 2 rings (SSSR count). The van der Waals surface area contributed by atoms with Crippen LogP contribution < -0.4 is 4.72 Å². The lowest BCUT2D eigenvalue weighted by atomic mass is 10.1. The third kappa shape index (κ3) is 4.43. The molecule has 6 heteroatoms. The summed E-state index contributed by atoms with van der Waals surface area (Å²) in [6.45, 7) is 3.70. The van der Waals surface area contributed by atoms with Gasteiger partial charge in [0.25, 0.3) is 10.0 Å². The molecule has 5 nitrogen and oxygen atoms in total. The molecule has 0 aromatic heterocycles. The van der Waals surface area contributed by atoms with Gasteiger partial charge in [-0.05, 0) is 49.2 Å².